The van der Waals surface area contributed by atoms with E-state index < -0.39 is 5.97 Å². The van der Waals surface area contributed by atoms with Gasteiger partial charge in [-0.3, -0.25) is 4.89 Å². The molecule has 0 unspecified atom stereocenters. The van der Waals surface area contributed by atoms with Gasteiger partial charge in [-0.1, -0.05) is 32.9 Å². The van der Waals surface area contributed by atoms with E-state index in [2.05, 4.69) is 25.7 Å². The SMILES string of the molecule is CC(C)(C)c1ccc(C(=O)OO)cc1.[Al+3]. The molecule has 0 aliphatic heterocycles. The molecule has 0 atom stereocenters. The van der Waals surface area contributed by atoms with Crippen LogP contribution >= 0.6 is 0 Å². The van der Waals surface area contributed by atoms with Crippen LogP contribution < -0.4 is 0 Å². The van der Waals surface area contributed by atoms with E-state index in [9.17, 15) is 4.79 Å². The molecule has 0 spiro atoms. The third-order valence-corrected chi connectivity index (χ3v) is 2.07. The van der Waals surface area contributed by atoms with E-state index in [1.165, 1.54) is 0 Å². The smallest absolute Gasteiger partial charge is 0.296 e. The summed E-state index contributed by atoms with van der Waals surface area (Å²) in [6.45, 7) is 6.27. The van der Waals surface area contributed by atoms with E-state index in [1.54, 1.807) is 12.1 Å². The second kappa shape index (κ2) is 5.32. The van der Waals surface area contributed by atoms with Crippen LogP contribution in [0.1, 0.15) is 36.7 Å². The first-order chi connectivity index (χ1) is 6.45. The summed E-state index contributed by atoms with van der Waals surface area (Å²) in [5.74, 6) is -0.731. The minimum Gasteiger partial charge on any atom is -0.296 e. The predicted molar refractivity (Wildman–Crippen MR) is 58.9 cm³/mol. The molecule has 0 saturated heterocycles. The van der Waals surface area contributed by atoms with Gasteiger partial charge < -0.3 is 0 Å². The van der Waals surface area contributed by atoms with E-state index in [4.69, 9.17) is 5.26 Å². The van der Waals surface area contributed by atoms with Crippen molar-refractivity contribution >= 4 is 23.3 Å². The maximum Gasteiger partial charge on any atom is 3.00 e. The average Bonchev–Trinajstić information content (AvgIpc) is 2.15. The molecule has 4 heteroatoms. The summed E-state index contributed by atoms with van der Waals surface area (Å²) >= 11 is 0. The largest absolute Gasteiger partial charge is 3.00 e. The third kappa shape index (κ3) is 3.67. The monoisotopic (exact) mass is 221 g/mol. The number of rotatable bonds is 1. The number of hydrogen-bond donors (Lipinski definition) is 1. The summed E-state index contributed by atoms with van der Waals surface area (Å²) in [6, 6.07) is 6.98. The third-order valence-electron chi connectivity index (χ3n) is 2.07. The Kier molecular flexibility index (Phi) is 5.03. The summed E-state index contributed by atoms with van der Waals surface area (Å²) < 4.78 is 0. The van der Waals surface area contributed by atoms with Gasteiger partial charge in [0.05, 0.1) is 5.56 Å². The Bertz CT molecular complexity index is 325. The fourth-order valence-corrected chi connectivity index (χ4v) is 1.16. The molecule has 0 fully saturated rings. The zero-order valence-corrected chi connectivity index (χ0v) is 10.3. The van der Waals surface area contributed by atoms with E-state index in [-0.39, 0.29) is 22.8 Å². The van der Waals surface area contributed by atoms with Crippen molar-refractivity contribution in [3.8, 4) is 0 Å². The van der Waals surface area contributed by atoms with Crippen molar-refractivity contribution in [1.29, 1.82) is 0 Å². The van der Waals surface area contributed by atoms with E-state index in [1.807, 2.05) is 12.1 Å². The fourth-order valence-electron chi connectivity index (χ4n) is 1.16. The minimum absolute atomic E-state index is 0. The van der Waals surface area contributed by atoms with Crippen molar-refractivity contribution in [3.63, 3.8) is 0 Å². The first-order valence-electron chi connectivity index (χ1n) is 4.41. The molecule has 3 nitrogen and oxygen atoms in total. The number of hydrogen-bond acceptors (Lipinski definition) is 3. The van der Waals surface area contributed by atoms with Crippen molar-refractivity contribution in [3.05, 3.63) is 35.4 Å². The molecule has 0 heterocycles. The van der Waals surface area contributed by atoms with Crippen molar-refractivity contribution < 1.29 is 14.9 Å². The maximum atomic E-state index is 10.9. The number of carbonyl (C=O) groups excluding carboxylic acids is 1. The standard InChI is InChI=1S/C11H14O3.Al/c1-11(2,3)9-6-4-8(5-7-9)10(12)14-13;/h4-7,13H,1-3H3;/q;+3. The zero-order chi connectivity index (χ0) is 10.8. The van der Waals surface area contributed by atoms with Crippen molar-refractivity contribution in [2.45, 2.75) is 26.2 Å². The molecule has 0 radical (unpaired) electrons. The molecule has 1 N–H and O–H groups in total. The van der Waals surface area contributed by atoms with Crippen LogP contribution in [0.2, 0.25) is 0 Å². The average molecular weight is 221 g/mol. The Labute approximate surface area is 100 Å². The van der Waals surface area contributed by atoms with Gasteiger partial charge in [0.1, 0.15) is 0 Å². The van der Waals surface area contributed by atoms with Gasteiger partial charge in [-0.25, -0.2) is 4.79 Å². The number of carbonyl (C=O) groups is 1. The summed E-state index contributed by atoms with van der Waals surface area (Å²) in [4.78, 5) is 14.5. The first-order valence-corrected chi connectivity index (χ1v) is 4.41. The second-order valence-electron chi connectivity index (χ2n) is 4.21. The molecule has 0 amide bonds. The quantitative estimate of drug-likeness (QED) is 0.449. The Morgan fingerprint density at radius 1 is 1.20 bits per heavy atom. The molecular formula is C11H14AlO3+3. The van der Waals surface area contributed by atoms with Gasteiger partial charge in [0, 0.05) is 0 Å². The van der Waals surface area contributed by atoms with Crippen LogP contribution in [0.15, 0.2) is 24.3 Å². The molecule has 76 valence electrons. The number of benzene rings is 1. The van der Waals surface area contributed by atoms with Gasteiger partial charge in [-0.15, -0.1) is 0 Å². The molecule has 15 heavy (non-hydrogen) atoms. The maximum absolute atomic E-state index is 10.9. The molecule has 1 rings (SSSR count). The topological polar surface area (TPSA) is 46.5 Å². The summed E-state index contributed by atoms with van der Waals surface area (Å²) in [5.41, 5.74) is 1.54. The zero-order valence-electron chi connectivity index (χ0n) is 9.15. The molecule has 0 aliphatic carbocycles. The van der Waals surface area contributed by atoms with Gasteiger partial charge in [-0.05, 0) is 23.1 Å². The first kappa shape index (κ1) is 14.2. The van der Waals surface area contributed by atoms with Gasteiger partial charge in [0.15, 0.2) is 0 Å². The van der Waals surface area contributed by atoms with Crippen LogP contribution in [0.5, 0.6) is 0 Å². The fraction of sp³-hybridized carbons (Fsp3) is 0.364. The van der Waals surface area contributed by atoms with Crippen LogP contribution in [-0.4, -0.2) is 28.6 Å². The van der Waals surface area contributed by atoms with Crippen LogP contribution in [-0.2, 0) is 10.3 Å². The van der Waals surface area contributed by atoms with Crippen LogP contribution in [0.25, 0.3) is 0 Å². The predicted octanol–water partition coefficient (Wildman–Crippen LogP) is 2.23. The molecule has 1 aromatic rings. The molecule has 0 aromatic heterocycles. The van der Waals surface area contributed by atoms with Crippen LogP contribution in [0.4, 0.5) is 0 Å². The molecular weight excluding hydrogens is 207 g/mol. The Morgan fingerprint density at radius 2 is 1.67 bits per heavy atom. The molecule has 0 aliphatic rings. The van der Waals surface area contributed by atoms with Crippen LogP contribution in [0.3, 0.4) is 0 Å². The second-order valence-corrected chi connectivity index (χ2v) is 4.21. The summed E-state index contributed by atoms with van der Waals surface area (Å²) in [5, 5.41) is 8.17. The van der Waals surface area contributed by atoms with E-state index >= 15 is 0 Å². The Balaban J connectivity index is 0.00000196. The van der Waals surface area contributed by atoms with E-state index in [0.29, 0.717) is 5.56 Å². The summed E-state index contributed by atoms with van der Waals surface area (Å²) in [6.07, 6.45) is 0. The summed E-state index contributed by atoms with van der Waals surface area (Å²) in [7, 11) is 0. The molecule has 0 bridgehead atoms. The van der Waals surface area contributed by atoms with Gasteiger partial charge in [0.25, 0.3) is 0 Å². The van der Waals surface area contributed by atoms with E-state index in [0.717, 1.165) is 5.56 Å². The van der Waals surface area contributed by atoms with Gasteiger partial charge >= 0.3 is 23.3 Å². The van der Waals surface area contributed by atoms with Crippen molar-refractivity contribution in [1.82, 2.24) is 0 Å². The molecule has 0 saturated carbocycles. The van der Waals surface area contributed by atoms with Crippen molar-refractivity contribution in [2.75, 3.05) is 0 Å². The van der Waals surface area contributed by atoms with Gasteiger partial charge in [0.2, 0.25) is 0 Å². The normalized spacial score (nSPS) is 10.4. The van der Waals surface area contributed by atoms with Crippen LogP contribution in [0, 0.1) is 0 Å². The minimum atomic E-state index is -0.731. The molecule has 1 aromatic carbocycles. The van der Waals surface area contributed by atoms with Gasteiger partial charge in [-0.2, -0.15) is 5.26 Å². The Hall–Kier alpha value is -0.818. The Morgan fingerprint density at radius 3 is 2.00 bits per heavy atom. The van der Waals surface area contributed by atoms with Crippen molar-refractivity contribution in [2.24, 2.45) is 0 Å².